The Morgan fingerprint density at radius 3 is 2.11 bits per heavy atom. The summed E-state index contributed by atoms with van der Waals surface area (Å²) in [7, 11) is 5.20. The van der Waals surface area contributed by atoms with Crippen molar-refractivity contribution < 1.29 is 23.8 Å². The molecular formula is C30H32FN3O4. The van der Waals surface area contributed by atoms with Crippen molar-refractivity contribution in [3.05, 3.63) is 89.2 Å². The van der Waals surface area contributed by atoms with Crippen LogP contribution in [0.3, 0.4) is 0 Å². The molecule has 1 amide bonds. The van der Waals surface area contributed by atoms with Gasteiger partial charge in [0.2, 0.25) is 0 Å². The van der Waals surface area contributed by atoms with Crippen molar-refractivity contribution in [1.82, 2.24) is 0 Å². The van der Waals surface area contributed by atoms with Gasteiger partial charge in [-0.05, 0) is 74.0 Å². The van der Waals surface area contributed by atoms with E-state index in [2.05, 4.69) is 18.7 Å². The fourth-order valence-corrected chi connectivity index (χ4v) is 4.79. The first kappa shape index (κ1) is 26.7. The summed E-state index contributed by atoms with van der Waals surface area (Å²) in [6, 6.07) is 17.5. The predicted octanol–water partition coefficient (Wildman–Crippen LogP) is 5.37. The number of anilines is 3. The van der Waals surface area contributed by atoms with E-state index in [1.165, 1.54) is 24.1 Å². The van der Waals surface area contributed by atoms with Gasteiger partial charge in [0.1, 0.15) is 17.3 Å². The van der Waals surface area contributed by atoms with E-state index in [0.29, 0.717) is 11.3 Å². The summed E-state index contributed by atoms with van der Waals surface area (Å²) in [4.78, 5) is 32.4. The van der Waals surface area contributed by atoms with Crippen LogP contribution in [-0.2, 0) is 9.59 Å². The molecule has 4 rings (SSSR count). The normalized spacial score (nSPS) is 16.6. The van der Waals surface area contributed by atoms with Crippen LogP contribution in [0.25, 0.3) is 5.76 Å². The van der Waals surface area contributed by atoms with Crippen LogP contribution in [0.5, 0.6) is 5.75 Å². The second-order valence-electron chi connectivity index (χ2n) is 9.19. The molecule has 1 saturated heterocycles. The molecule has 0 radical (unpaired) electrons. The van der Waals surface area contributed by atoms with Gasteiger partial charge in [-0.3, -0.25) is 14.5 Å². The van der Waals surface area contributed by atoms with E-state index in [1.54, 1.807) is 12.1 Å². The molecule has 0 saturated carbocycles. The fraction of sp³-hybridized carbons (Fsp3) is 0.267. The van der Waals surface area contributed by atoms with Gasteiger partial charge in [-0.25, -0.2) is 4.39 Å². The Balaban J connectivity index is 1.92. The Labute approximate surface area is 222 Å². The molecule has 1 heterocycles. The van der Waals surface area contributed by atoms with Gasteiger partial charge in [-0.2, -0.15) is 0 Å². The van der Waals surface area contributed by atoms with Crippen molar-refractivity contribution in [2.24, 2.45) is 0 Å². The molecule has 0 aliphatic carbocycles. The minimum absolute atomic E-state index is 0.00165. The Morgan fingerprint density at radius 1 is 0.947 bits per heavy atom. The lowest BCUT2D eigenvalue weighted by Gasteiger charge is -2.27. The smallest absolute Gasteiger partial charge is 0.300 e. The van der Waals surface area contributed by atoms with Crippen molar-refractivity contribution in [2.45, 2.75) is 19.9 Å². The number of aliphatic hydroxyl groups is 1. The molecule has 38 heavy (non-hydrogen) atoms. The van der Waals surface area contributed by atoms with E-state index in [4.69, 9.17) is 4.74 Å². The summed E-state index contributed by atoms with van der Waals surface area (Å²) in [5.41, 5.74) is 2.92. The number of rotatable bonds is 8. The minimum atomic E-state index is -0.932. The SMILES string of the molecule is CCN(CC)c1ccc(C2/C(=C(\O)c3cc(F)ccc3OC)C(=O)C(=O)N2c2ccc(N(C)C)cc2)cc1. The van der Waals surface area contributed by atoms with Crippen molar-refractivity contribution in [3.8, 4) is 5.75 Å². The Hall–Kier alpha value is -4.33. The summed E-state index contributed by atoms with van der Waals surface area (Å²) in [5, 5.41) is 11.4. The summed E-state index contributed by atoms with van der Waals surface area (Å²) >= 11 is 0. The highest BCUT2D eigenvalue weighted by molar-refractivity contribution is 6.51. The Morgan fingerprint density at radius 2 is 1.55 bits per heavy atom. The number of carbonyl (C=O) groups excluding carboxylic acids is 2. The molecule has 0 bridgehead atoms. The maximum atomic E-state index is 14.2. The second-order valence-corrected chi connectivity index (χ2v) is 9.19. The van der Waals surface area contributed by atoms with E-state index >= 15 is 0 Å². The maximum Gasteiger partial charge on any atom is 0.300 e. The zero-order valence-corrected chi connectivity index (χ0v) is 22.2. The first-order valence-electron chi connectivity index (χ1n) is 12.5. The number of methoxy groups -OCH3 is 1. The second kappa shape index (κ2) is 11.0. The number of aliphatic hydroxyl groups excluding tert-OH is 1. The molecule has 8 heteroatoms. The van der Waals surface area contributed by atoms with Gasteiger partial charge < -0.3 is 19.6 Å². The molecular weight excluding hydrogens is 485 g/mol. The first-order valence-corrected chi connectivity index (χ1v) is 12.5. The largest absolute Gasteiger partial charge is 0.507 e. The highest BCUT2D eigenvalue weighted by atomic mass is 19.1. The van der Waals surface area contributed by atoms with E-state index in [1.807, 2.05) is 55.4 Å². The Kier molecular flexibility index (Phi) is 7.71. The zero-order chi connectivity index (χ0) is 27.6. The average Bonchev–Trinajstić information content (AvgIpc) is 3.19. The van der Waals surface area contributed by atoms with E-state index < -0.39 is 29.3 Å². The van der Waals surface area contributed by atoms with Crippen molar-refractivity contribution >= 4 is 34.5 Å². The van der Waals surface area contributed by atoms with E-state index in [0.717, 1.165) is 30.5 Å². The number of hydrogen-bond acceptors (Lipinski definition) is 6. The van der Waals surface area contributed by atoms with E-state index in [9.17, 15) is 19.1 Å². The third kappa shape index (κ3) is 4.81. The molecule has 198 valence electrons. The molecule has 7 nitrogen and oxygen atoms in total. The number of nitrogens with zero attached hydrogens (tertiary/aromatic N) is 3. The van der Waals surface area contributed by atoms with Crippen LogP contribution in [0.15, 0.2) is 72.3 Å². The Bertz CT molecular complexity index is 1360. The third-order valence-electron chi connectivity index (χ3n) is 6.84. The monoisotopic (exact) mass is 517 g/mol. The number of ketones is 1. The summed E-state index contributed by atoms with van der Waals surface area (Å²) in [6.45, 7) is 5.78. The third-order valence-corrected chi connectivity index (χ3v) is 6.84. The summed E-state index contributed by atoms with van der Waals surface area (Å²) < 4.78 is 19.5. The molecule has 3 aromatic carbocycles. The van der Waals surface area contributed by atoms with Gasteiger partial charge in [0, 0.05) is 44.2 Å². The molecule has 1 N–H and O–H groups in total. The van der Waals surface area contributed by atoms with Crippen LogP contribution in [0.2, 0.25) is 0 Å². The number of carbonyl (C=O) groups is 2. The zero-order valence-electron chi connectivity index (χ0n) is 22.2. The standard InChI is InChI=1S/C30H32FN3O4/c1-6-33(7-2)22-11-8-19(9-12-22)27-26(28(35)24-18-20(31)10-17-25(24)38-5)29(36)30(37)34(27)23-15-13-21(14-16-23)32(3)4/h8-18,27,35H,6-7H2,1-5H3/b28-26+. The van der Waals surface area contributed by atoms with Gasteiger partial charge >= 0.3 is 0 Å². The van der Waals surface area contributed by atoms with Crippen LogP contribution in [0.1, 0.15) is 31.0 Å². The molecule has 0 aromatic heterocycles. The molecule has 1 aliphatic rings. The summed E-state index contributed by atoms with van der Waals surface area (Å²) in [5.74, 6) is -2.56. The number of hydrogen-bond donors (Lipinski definition) is 1. The minimum Gasteiger partial charge on any atom is -0.507 e. The highest BCUT2D eigenvalue weighted by Gasteiger charge is 2.47. The fourth-order valence-electron chi connectivity index (χ4n) is 4.79. The quantitative estimate of drug-likeness (QED) is 0.246. The van der Waals surface area contributed by atoms with Gasteiger partial charge in [0.15, 0.2) is 0 Å². The number of benzene rings is 3. The summed E-state index contributed by atoms with van der Waals surface area (Å²) in [6.07, 6.45) is 0. The molecule has 1 fully saturated rings. The number of ether oxygens (including phenoxy) is 1. The van der Waals surface area contributed by atoms with Crippen molar-refractivity contribution in [2.75, 3.05) is 49.0 Å². The van der Waals surface area contributed by atoms with Crippen LogP contribution in [0, 0.1) is 5.82 Å². The highest BCUT2D eigenvalue weighted by Crippen LogP contribution is 2.44. The topological polar surface area (TPSA) is 73.3 Å². The van der Waals surface area contributed by atoms with Gasteiger partial charge in [-0.1, -0.05) is 12.1 Å². The van der Waals surface area contributed by atoms with Gasteiger partial charge in [0.05, 0.1) is 24.3 Å². The van der Waals surface area contributed by atoms with Crippen LogP contribution >= 0.6 is 0 Å². The average molecular weight is 518 g/mol. The number of amides is 1. The lowest BCUT2D eigenvalue weighted by atomic mass is 9.94. The molecule has 1 unspecified atom stereocenters. The molecule has 0 spiro atoms. The van der Waals surface area contributed by atoms with E-state index in [-0.39, 0.29) is 16.9 Å². The molecule has 3 aromatic rings. The molecule has 1 aliphatic heterocycles. The van der Waals surface area contributed by atoms with Crippen LogP contribution < -0.4 is 19.4 Å². The lowest BCUT2D eigenvalue weighted by Crippen LogP contribution is -2.29. The van der Waals surface area contributed by atoms with Crippen molar-refractivity contribution in [1.29, 1.82) is 0 Å². The van der Waals surface area contributed by atoms with Gasteiger partial charge in [0.25, 0.3) is 11.7 Å². The van der Waals surface area contributed by atoms with Crippen molar-refractivity contribution in [3.63, 3.8) is 0 Å². The van der Waals surface area contributed by atoms with Gasteiger partial charge in [-0.15, -0.1) is 0 Å². The number of Topliss-reactive ketones (excluding diaryl/α,β-unsaturated/α-hetero) is 1. The first-order chi connectivity index (χ1) is 18.2. The maximum absolute atomic E-state index is 14.2. The van der Waals surface area contributed by atoms with Crippen LogP contribution in [-0.4, -0.2) is 51.1 Å². The van der Waals surface area contributed by atoms with Crippen LogP contribution in [0.4, 0.5) is 21.5 Å². The predicted molar refractivity (Wildman–Crippen MR) is 149 cm³/mol. The number of halogens is 1. The lowest BCUT2D eigenvalue weighted by molar-refractivity contribution is -0.132. The molecule has 1 atom stereocenters.